The van der Waals surface area contributed by atoms with Gasteiger partial charge in [-0.05, 0) is 60.8 Å². The number of hydrogen-bond acceptors (Lipinski definition) is 5. The van der Waals surface area contributed by atoms with Gasteiger partial charge in [-0.25, -0.2) is 0 Å². The molecule has 0 bridgehead atoms. The Bertz CT molecular complexity index is 652. The number of fused-ring (bicyclic) bond motifs is 3. The summed E-state index contributed by atoms with van der Waals surface area (Å²) in [6.07, 6.45) is 1.99. The highest BCUT2D eigenvalue weighted by Crippen LogP contribution is 2.44. The Hall–Kier alpha value is -1.30. The fourth-order valence-corrected chi connectivity index (χ4v) is 4.57. The standard InChI is InChI=1S/C22H35NO4/c1-14(24)13-27-21-8-15-6-7-23-12-16(11-22(2,3)4)19(25)10-18(23)17(15)9-20(21)26-5/h8-9,14,16,18-19,24-25H,6-7,10-13H2,1-5H3/t14-,16+,18+,19+/m0/s1. The van der Waals surface area contributed by atoms with Crippen molar-refractivity contribution in [2.24, 2.45) is 11.3 Å². The molecular weight excluding hydrogens is 342 g/mol. The molecule has 4 atom stereocenters. The number of aliphatic hydroxyl groups is 2. The Morgan fingerprint density at radius 2 is 2.00 bits per heavy atom. The van der Waals surface area contributed by atoms with E-state index in [0.717, 1.165) is 32.4 Å². The molecule has 0 unspecified atom stereocenters. The van der Waals surface area contributed by atoms with E-state index in [9.17, 15) is 10.2 Å². The lowest BCUT2D eigenvalue weighted by molar-refractivity contribution is -0.0259. The summed E-state index contributed by atoms with van der Waals surface area (Å²) in [7, 11) is 1.65. The summed E-state index contributed by atoms with van der Waals surface area (Å²) in [6, 6.07) is 4.36. The Labute approximate surface area is 163 Å². The van der Waals surface area contributed by atoms with Gasteiger partial charge in [0, 0.05) is 19.1 Å². The van der Waals surface area contributed by atoms with Crippen LogP contribution in [0.15, 0.2) is 12.1 Å². The van der Waals surface area contributed by atoms with Crippen LogP contribution in [0, 0.1) is 11.3 Å². The minimum Gasteiger partial charge on any atom is -0.493 e. The first-order chi connectivity index (χ1) is 12.7. The lowest BCUT2D eigenvalue weighted by Crippen LogP contribution is -2.48. The molecule has 1 aromatic carbocycles. The zero-order valence-corrected chi connectivity index (χ0v) is 17.4. The first kappa shape index (κ1) is 20.4. The first-order valence-electron chi connectivity index (χ1n) is 10.1. The van der Waals surface area contributed by atoms with Gasteiger partial charge in [0.25, 0.3) is 0 Å². The third-order valence-corrected chi connectivity index (χ3v) is 5.73. The van der Waals surface area contributed by atoms with Gasteiger partial charge in [-0.1, -0.05) is 20.8 Å². The number of piperidine rings is 1. The maximum absolute atomic E-state index is 10.8. The zero-order valence-electron chi connectivity index (χ0n) is 17.4. The summed E-state index contributed by atoms with van der Waals surface area (Å²) >= 11 is 0. The van der Waals surface area contributed by atoms with Crippen LogP contribution in [-0.2, 0) is 6.42 Å². The molecule has 152 valence electrons. The SMILES string of the molecule is COc1cc2c(cc1OC[C@H](C)O)CCN1C[C@@H](CC(C)(C)C)[C@H](O)C[C@H]21. The normalized spacial score (nSPS) is 26.9. The van der Waals surface area contributed by atoms with E-state index in [-0.39, 0.29) is 24.2 Å². The molecule has 3 rings (SSSR count). The predicted octanol–water partition coefficient (Wildman–Crippen LogP) is 3.17. The molecule has 5 heteroatoms. The average molecular weight is 378 g/mol. The van der Waals surface area contributed by atoms with Crippen molar-refractivity contribution in [3.05, 3.63) is 23.3 Å². The summed E-state index contributed by atoms with van der Waals surface area (Å²) in [6.45, 7) is 10.7. The van der Waals surface area contributed by atoms with E-state index in [1.54, 1.807) is 14.0 Å². The fraction of sp³-hybridized carbons (Fsp3) is 0.727. The van der Waals surface area contributed by atoms with Crippen LogP contribution in [-0.4, -0.2) is 54.1 Å². The summed E-state index contributed by atoms with van der Waals surface area (Å²) in [5.74, 6) is 1.72. The van der Waals surface area contributed by atoms with Crippen LogP contribution < -0.4 is 9.47 Å². The molecule has 2 heterocycles. The number of rotatable bonds is 5. The fourth-order valence-electron chi connectivity index (χ4n) is 4.57. The van der Waals surface area contributed by atoms with Gasteiger partial charge in [-0.15, -0.1) is 0 Å². The van der Waals surface area contributed by atoms with Gasteiger partial charge in [0.05, 0.1) is 19.3 Å². The third kappa shape index (κ3) is 4.76. The molecule has 0 radical (unpaired) electrons. The molecule has 0 aliphatic carbocycles. The topological polar surface area (TPSA) is 62.2 Å². The molecule has 2 aliphatic rings. The summed E-state index contributed by atoms with van der Waals surface area (Å²) < 4.78 is 11.3. The van der Waals surface area contributed by atoms with Gasteiger partial charge in [0.2, 0.25) is 0 Å². The van der Waals surface area contributed by atoms with Crippen molar-refractivity contribution in [2.75, 3.05) is 26.8 Å². The molecule has 0 amide bonds. The van der Waals surface area contributed by atoms with Crippen LogP contribution in [0.2, 0.25) is 0 Å². The largest absolute Gasteiger partial charge is 0.493 e. The van der Waals surface area contributed by atoms with E-state index in [4.69, 9.17) is 9.47 Å². The Kier molecular flexibility index (Phi) is 6.04. The number of methoxy groups -OCH3 is 1. The second-order valence-corrected chi connectivity index (χ2v) is 9.45. The molecule has 1 saturated heterocycles. The van der Waals surface area contributed by atoms with Crippen molar-refractivity contribution in [3.8, 4) is 11.5 Å². The van der Waals surface area contributed by atoms with E-state index < -0.39 is 6.10 Å². The molecule has 0 aromatic heterocycles. The average Bonchev–Trinajstić information content (AvgIpc) is 2.58. The van der Waals surface area contributed by atoms with E-state index in [1.807, 2.05) is 0 Å². The van der Waals surface area contributed by atoms with Gasteiger partial charge < -0.3 is 19.7 Å². The van der Waals surface area contributed by atoms with Gasteiger partial charge in [-0.2, -0.15) is 0 Å². The smallest absolute Gasteiger partial charge is 0.161 e. The lowest BCUT2D eigenvalue weighted by atomic mass is 9.75. The van der Waals surface area contributed by atoms with Gasteiger partial charge in [0.1, 0.15) is 6.61 Å². The molecule has 2 N–H and O–H groups in total. The summed E-state index contributed by atoms with van der Waals surface area (Å²) in [4.78, 5) is 2.53. The van der Waals surface area contributed by atoms with E-state index >= 15 is 0 Å². The van der Waals surface area contributed by atoms with Crippen LogP contribution in [0.1, 0.15) is 57.7 Å². The highest BCUT2D eigenvalue weighted by molar-refractivity contribution is 5.49. The predicted molar refractivity (Wildman–Crippen MR) is 106 cm³/mol. The minimum absolute atomic E-state index is 0.228. The third-order valence-electron chi connectivity index (χ3n) is 5.73. The van der Waals surface area contributed by atoms with Crippen LogP contribution in [0.5, 0.6) is 11.5 Å². The first-order valence-corrected chi connectivity index (χ1v) is 10.1. The number of nitrogens with zero attached hydrogens (tertiary/aromatic N) is 1. The van der Waals surface area contributed by atoms with Crippen molar-refractivity contribution < 1.29 is 19.7 Å². The molecule has 0 spiro atoms. The van der Waals surface area contributed by atoms with Crippen LogP contribution in [0.4, 0.5) is 0 Å². The van der Waals surface area contributed by atoms with Gasteiger partial charge >= 0.3 is 0 Å². The second-order valence-electron chi connectivity index (χ2n) is 9.45. The lowest BCUT2D eigenvalue weighted by Gasteiger charge is -2.47. The summed E-state index contributed by atoms with van der Waals surface area (Å²) in [5.41, 5.74) is 2.74. The van der Waals surface area contributed by atoms with Crippen LogP contribution in [0.3, 0.4) is 0 Å². The highest BCUT2D eigenvalue weighted by atomic mass is 16.5. The van der Waals surface area contributed by atoms with Crippen LogP contribution in [0.25, 0.3) is 0 Å². The molecule has 0 saturated carbocycles. The van der Waals surface area contributed by atoms with Crippen LogP contribution >= 0.6 is 0 Å². The second kappa shape index (κ2) is 7.98. The van der Waals surface area contributed by atoms with E-state index in [2.05, 4.69) is 37.8 Å². The quantitative estimate of drug-likeness (QED) is 0.825. The molecule has 2 aliphatic heterocycles. The van der Waals surface area contributed by atoms with E-state index in [1.165, 1.54) is 11.1 Å². The number of hydrogen-bond donors (Lipinski definition) is 2. The van der Waals surface area contributed by atoms with Crippen molar-refractivity contribution in [3.63, 3.8) is 0 Å². The van der Waals surface area contributed by atoms with Crippen molar-refractivity contribution in [1.29, 1.82) is 0 Å². The maximum atomic E-state index is 10.8. The monoisotopic (exact) mass is 377 g/mol. The van der Waals surface area contributed by atoms with E-state index in [0.29, 0.717) is 17.4 Å². The van der Waals surface area contributed by atoms with Crippen molar-refractivity contribution >= 4 is 0 Å². The summed E-state index contributed by atoms with van der Waals surface area (Å²) in [5, 5.41) is 20.3. The molecule has 1 aromatic rings. The highest BCUT2D eigenvalue weighted by Gasteiger charge is 2.39. The van der Waals surface area contributed by atoms with Crippen molar-refractivity contribution in [1.82, 2.24) is 4.90 Å². The van der Waals surface area contributed by atoms with Crippen molar-refractivity contribution in [2.45, 2.75) is 65.2 Å². The molecule has 27 heavy (non-hydrogen) atoms. The Balaban J connectivity index is 1.82. The Morgan fingerprint density at radius 1 is 1.26 bits per heavy atom. The number of ether oxygens (including phenoxy) is 2. The zero-order chi connectivity index (χ0) is 19.8. The molecular formula is C22H35NO4. The minimum atomic E-state index is -0.519. The maximum Gasteiger partial charge on any atom is 0.161 e. The van der Waals surface area contributed by atoms with Gasteiger partial charge in [-0.3, -0.25) is 4.90 Å². The van der Waals surface area contributed by atoms with Gasteiger partial charge in [0.15, 0.2) is 11.5 Å². The number of benzene rings is 1. The Morgan fingerprint density at radius 3 is 2.63 bits per heavy atom. The number of aliphatic hydroxyl groups excluding tert-OH is 2. The molecule has 5 nitrogen and oxygen atoms in total. The molecule has 1 fully saturated rings.